The van der Waals surface area contributed by atoms with Crippen molar-refractivity contribution in [3.8, 4) is 5.75 Å². The van der Waals surface area contributed by atoms with Crippen LogP contribution in [0.25, 0.3) is 0 Å². The summed E-state index contributed by atoms with van der Waals surface area (Å²) >= 11 is 5.81. The fraction of sp³-hybridized carbons (Fsp3) is 0.350. The predicted molar refractivity (Wildman–Crippen MR) is 111 cm³/mol. The molecule has 2 aromatic rings. The summed E-state index contributed by atoms with van der Waals surface area (Å²) in [5.74, 6) is -0.425. The van der Waals surface area contributed by atoms with Gasteiger partial charge in [-0.3, -0.25) is 19.8 Å². The number of nitro groups is 1. The van der Waals surface area contributed by atoms with Crippen LogP contribution in [0.4, 0.5) is 21.5 Å². The van der Waals surface area contributed by atoms with Gasteiger partial charge in [0.2, 0.25) is 0 Å². The number of hydrogen-bond acceptors (Lipinski definition) is 6. The van der Waals surface area contributed by atoms with Gasteiger partial charge in [0.15, 0.2) is 12.4 Å². The first kappa shape index (κ1) is 20.4. The Hall–Kier alpha value is -2.91. The lowest BCUT2D eigenvalue weighted by Crippen LogP contribution is -2.26. The van der Waals surface area contributed by atoms with E-state index in [4.69, 9.17) is 16.3 Å². The average Bonchev–Trinajstić information content (AvgIpc) is 3.08. The number of rotatable bonds is 5. The first-order valence-corrected chi connectivity index (χ1v) is 9.85. The molecule has 0 spiro atoms. The highest BCUT2D eigenvalue weighted by molar-refractivity contribution is 6.30. The van der Waals surface area contributed by atoms with E-state index in [1.54, 1.807) is 12.1 Å². The van der Waals surface area contributed by atoms with Gasteiger partial charge in [0.1, 0.15) is 11.5 Å². The molecule has 0 saturated carbocycles. The lowest BCUT2D eigenvalue weighted by atomic mass is 9.93. The van der Waals surface area contributed by atoms with Crippen molar-refractivity contribution in [1.82, 2.24) is 4.90 Å². The number of nitrogens with one attached hydrogen (secondary N) is 2. The van der Waals surface area contributed by atoms with Crippen LogP contribution in [0.15, 0.2) is 30.3 Å². The number of nitrogens with zero attached hydrogens (tertiary/aromatic N) is 2. The van der Waals surface area contributed by atoms with Crippen LogP contribution >= 0.6 is 11.6 Å². The summed E-state index contributed by atoms with van der Waals surface area (Å²) in [7, 11) is 1.96. The fourth-order valence-corrected chi connectivity index (χ4v) is 4.23. The van der Waals surface area contributed by atoms with Crippen LogP contribution in [-0.2, 0) is 4.79 Å². The minimum Gasteiger partial charge on any atom is -0.481 e. The third-order valence-electron chi connectivity index (χ3n) is 5.54. The highest BCUT2D eigenvalue weighted by Crippen LogP contribution is 2.40. The molecule has 8 nitrogen and oxygen atoms in total. The van der Waals surface area contributed by atoms with E-state index in [1.807, 2.05) is 7.05 Å². The molecule has 2 N–H and O–H groups in total. The highest BCUT2D eigenvalue weighted by Gasteiger charge is 2.34. The maximum Gasteiger partial charge on any atom is 0.296 e. The van der Waals surface area contributed by atoms with Gasteiger partial charge in [0.05, 0.1) is 21.7 Å². The van der Waals surface area contributed by atoms with Crippen molar-refractivity contribution < 1.29 is 18.8 Å². The van der Waals surface area contributed by atoms with E-state index in [0.29, 0.717) is 17.9 Å². The van der Waals surface area contributed by atoms with E-state index in [-0.39, 0.29) is 40.9 Å². The summed E-state index contributed by atoms with van der Waals surface area (Å²) in [6.45, 7) is 1.08. The Bertz CT molecular complexity index is 1020. The Kier molecular flexibility index (Phi) is 5.48. The summed E-state index contributed by atoms with van der Waals surface area (Å²) in [4.78, 5) is 24.7. The number of carbonyl (C=O) groups is 1. The van der Waals surface area contributed by atoms with Gasteiger partial charge in [-0.2, -0.15) is 0 Å². The number of ether oxygens (including phenoxy) is 1. The van der Waals surface area contributed by atoms with Crippen LogP contribution in [-0.4, -0.2) is 42.5 Å². The number of halogens is 2. The van der Waals surface area contributed by atoms with Crippen molar-refractivity contribution in [2.75, 3.05) is 37.4 Å². The van der Waals surface area contributed by atoms with Crippen LogP contribution in [0, 0.1) is 21.8 Å². The van der Waals surface area contributed by atoms with E-state index in [2.05, 4.69) is 15.5 Å². The zero-order valence-electron chi connectivity index (χ0n) is 16.2. The number of hydrogen-bond donors (Lipinski definition) is 2. The normalized spacial score (nSPS) is 21.0. The second kappa shape index (κ2) is 8.08. The van der Waals surface area contributed by atoms with Crippen LogP contribution in [0.5, 0.6) is 5.75 Å². The minimum absolute atomic E-state index is 0.0519. The van der Waals surface area contributed by atoms with Gasteiger partial charge in [-0.05, 0) is 49.7 Å². The standard InChI is InChI=1S/C20H20ClFN4O4/c1-25-5-4-12(20(25)11-2-3-13(21)14(22)6-11)9-23-15-7-16-18(8-17(15)26(28)29)30-10-19(27)24-16/h2-3,6-8,12,20,23H,4-5,9-10H2,1H3,(H,24,27). The number of benzene rings is 2. The second-order valence-corrected chi connectivity index (χ2v) is 7.90. The molecule has 2 aliphatic heterocycles. The molecular weight excluding hydrogens is 415 g/mol. The molecule has 2 aromatic carbocycles. The van der Waals surface area contributed by atoms with Gasteiger partial charge < -0.3 is 15.4 Å². The van der Waals surface area contributed by atoms with Gasteiger partial charge in [0, 0.05) is 12.6 Å². The first-order chi connectivity index (χ1) is 14.3. The van der Waals surface area contributed by atoms with Gasteiger partial charge >= 0.3 is 0 Å². The maximum atomic E-state index is 14.0. The number of likely N-dealkylation sites (tertiary alicyclic amines) is 1. The van der Waals surface area contributed by atoms with Crippen LogP contribution in [0.1, 0.15) is 18.0 Å². The van der Waals surface area contributed by atoms with E-state index in [1.165, 1.54) is 18.2 Å². The fourth-order valence-electron chi connectivity index (χ4n) is 4.11. The van der Waals surface area contributed by atoms with Gasteiger partial charge in [-0.25, -0.2) is 4.39 Å². The predicted octanol–water partition coefficient (Wildman–Crippen LogP) is 3.82. The van der Waals surface area contributed by atoms with Crippen molar-refractivity contribution in [3.05, 3.63) is 56.8 Å². The molecule has 0 bridgehead atoms. The van der Waals surface area contributed by atoms with Crippen LogP contribution in [0.2, 0.25) is 5.02 Å². The van der Waals surface area contributed by atoms with E-state index < -0.39 is 10.7 Å². The zero-order valence-corrected chi connectivity index (χ0v) is 16.9. The summed E-state index contributed by atoms with van der Waals surface area (Å²) in [6.07, 6.45) is 0.844. The van der Waals surface area contributed by atoms with Crippen molar-refractivity contribution in [3.63, 3.8) is 0 Å². The molecule has 1 saturated heterocycles. The molecule has 30 heavy (non-hydrogen) atoms. The number of carbonyl (C=O) groups excluding carboxylic acids is 1. The van der Waals surface area contributed by atoms with Gasteiger partial charge in [-0.15, -0.1) is 0 Å². The Balaban J connectivity index is 1.57. The maximum absolute atomic E-state index is 14.0. The molecule has 4 rings (SSSR count). The van der Waals surface area contributed by atoms with Crippen molar-refractivity contribution >= 4 is 34.6 Å². The summed E-state index contributed by atoms with van der Waals surface area (Å²) in [5.41, 5.74) is 1.36. The third-order valence-corrected chi connectivity index (χ3v) is 5.85. The molecule has 2 unspecified atom stereocenters. The van der Waals surface area contributed by atoms with Crippen LogP contribution in [0.3, 0.4) is 0 Å². The molecule has 10 heteroatoms. The number of amides is 1. The van der Waals surface area contributed by atoms with Crippen LogP contribution < -0.4 is 15.4 Å². The van der Waals surface area contributed by atoms with Crippen molar-refractivity contribution in [2.24, 2.45) is 5.92 Å². The molecule has 2 heterocycles. The van der Waals surface area contributed by atoms with E-state index in [9.17, 15) is 19.3 Å². The van der Waals surface area contributed by atoms with Crippen molar-refractivity contribution in [1.29, 1.82) is 0 Å². The van der Waals surface area contributed by atoms with Crippen molar-refractivity contribution in [2.45, 2.75) is 12.5 Å². The molecule has 2 aliphatic rings. The summed E-state index contributed by atoms with van der Waals surface area (Å²) < 4.78 is 19.3. The monoisotopic (exact) mass is 434 g/mol. The average molecular weight is 435 g/mol. The Morgan fingerprint density at radius 3 is 2.93 bits per heavy atom. The molecule has 1 fully saturated rings. The number of nitro benzene ring substituents is 1. The number of anilines is 2. The largest absolute Gasteiger partial charge is 0.481 e. The molecular formula is C20H20ClFN4O4. The Labute approximate surface area is 177 Å². The Morgan fingerprint density at radius 2 is 2.20 bits per heavy atom. The quantitative estimate of drug-likeness (QED) is 0.548. The third kappa shape index (κ3) is 3.90. The Morgan fingerprint density at radius 1 is 1.40 bits per heavy atom. The summed E-state index contributed by atoms with van der Waals surface area (Å²) in [5, 5.41) is 17.4. The molecule has 158 valence electrons. The minimum atomic E-state index is -0.491. The van der Waals surface area contributed by atoms with E-state index in [0.717, 1.165) is 18.5 Å². The van der Waals surface area contributed by atoms with Gasteiger partial charge in [0.25, 0.3) is 11.6 Å². The zero-order chi connectivity index (χ0) is 21.4. The lowest BCUT2D eigenvalue weighted by Gasteiger charge is -2.26. The molecule has 1 amide bonds. The molecule has 0 aromatic heterocycles. The highest BCUT2D eigenvalue weighted by atomic mass is 35.5. The molecule has 0 aliphatic carbocycles. The van der Waals surface area contributed by atoms with Gasteiger partial charge in [-0.1, -0.05) is 17.7 Å². The number of fused-ring (bicyclic) bond motifs is 1. The van der Waals surface area contributed by atoms with E-state index >= 15 is 0 Å². The lowest BCUT2D eigenvalue weighted by molar-refractivity contribution is -0.384. The topological polar surface area (TPSA) is 96.7 Å². The SMILES string of the molecule is CN1CCC(CNc2cc3c(cc2[N+](=O)[O-])OCC(=O)N3)C1c1ccc(Cl)c(F)c1. The summed E-state index contributed by atoms with van der Waals surface area (Å²) in [6, 6.07) is 7.56. The smallest absolute Gasteiger partial charge is 0.296 e. The molecule has 2 atom stereocenters. The first-order valence-electron chi connectivity index (χ1n) is 9.47. The molecule has 0 radical (unpaired) electrons. The second-order valence-electron chi connectivity index (χ2n) is 7.49.